The monoisotopic (exact) mass is 271 g/mol. The minimum Gasteiger partial charge on any atom is -0.460 e. The summed E-state index contributed by atoms with van der Waals surface area (Å²) in [6.07, 6.45) is -0.184. The van der Waals surface area contributed by atoms with Crippen LogP contribution < -0.4 is 5.73 Å². The molecule has 66 valence electrons. The normalized spacial score (nSPS) is 14.3. The number of rotatable bonds is 3. The summed E-state index contributed by atoms with van der Waals surface area (Å²) in [6.45, 7) is 5.76. The molecule has 0 radical (unpaired) electrons. The molecule has 0 aromatic rings. The van der Waals surface area contributed by atoms with Gasteiger partial charge in [0.1, 0.15) is 9.53 Å². The highest BCUT2D eigenvalue weighted by molar-refractivity contribution is 14.1. The van der Waals surface area contributed by atoms with Crippen molar-refractivity contribution in [3.05, 3.63) is 0 Å². The first-order valence-corrected chi connectivity index (χ1v) is 4.56. The first-order valence-electron chi connectivity index (χ1n) is 3.48. The van der Waals surface area contributed by atoms with Crippen molar-refractivity contribution < 1.29 is 9.53 Å². The van der Waals surface area contributed by atoms with Crippen LogP contribution in [-0.2, 0) is 9.53 Å². The molecular weight excluding hydrogens is 257 g/mol. The summed E-state index contributed by atoms with van der Waals surface area (Å²) in [5.41, 5.74) is 5.28. The van der Waals surface area contributed by atoms with Crippen LogP contribution in [0.3, 0.4) is 0 Å². The largest absolute Gasteiger partial charge is 0.460 e. The molecule has 0 amide bonds. The van der Waals surface area contributed by atoms with E-state index in [-0.39, 0.29) is 12.1 Å². The van der Waals surface area contributed by atoms with Gasteiger partial charge in [0.15, 0.2) is 0 Å². The van der Waals surface area contributed by atoms with Gasteiger partial charge in [-0.25, -0.2) is 0 Å². The van der Waals surface area contributed by atoms with Crippen molar-refractivity contribution in [3.8, 4) is 0 Å². The Bertz CT molecular complexity index is 142. The molecule has 0 saturated heterocycles. The molecule has 3 nitrogen and oxygen atoms in total. The van der Waals surface area contributed by atoms with Gasteiger partial charge in [-0.05, 0) is 20.8 Å². The van der Waals surface area contributed by atoms with E-state index in [1.54, 1.807) is 20.8 Å². The zero-order valence-electron chi connectivity index (χ0n) is 7.06. The van der Waals surface area contributed by atoms with E-state index in [0.29, 0.717) is 6.54 Å². The predicted molar refractivity (Wildman–Crippen MR) is 52.7 cm³/mol. The van der Waals surface area contributed by atoms with Crippen molar-refractivity contribution >= 4 is 28.6 Å². The SMILES string of the molecule is CC(CN)OC(=O)C(C)(C)I. The van der Waals surface area contributed by atoms with E-state index in [1.165, 1.54) is 0 Å². The van der Waals surface area contributed by atoms with Crippen LogP contribution in [0.1, 0.15) is 20.8 Å². The van der Waals surface area contributed by atoms with Crippen LogP contribution in [-0.4, -0.2) is 22.0 Å². The first kappa shape index (κ1) is 11.2. The molecule has 0 aromatic heterocycles. The Morgan fingerprint density at radius 3 is 2.45 bits per heavy atom. The number of ether oxygens (including phenoxy) is 1. The van der Waals surface area contributed by atoms with E-state index < -0.39 is 3.42 Å². The molecule has 4 heteroatoms. The van der Waals surface area contributed by atoms with Crippen molar-refractivity contribution in [2.24, 2.45) is 5.73 Å². The molecule has 0 aliphatic rings. The molecule has 2 N–H and O–H groups in total. The Labute approximate surface area is 80.8 Å². The highest BCUT2D eigenvalue weighted by atomic mass is 127. The van der Waals surface area contributed by atoms with Gasteiger partial charge in [0.05, 0.1) is 0 Å². The lowest BCUT2D eigenvalue weighted by atomic mass is 10.2. The minimum atomic E-state index is -0.457. The highest BCUT2D eigenvalue weighted by Crippen LogP contribution is 2.18. The fourth-order valence-corrected chi connectivity index (χ4v) is 0.498. The summed E-state index contributed by atoms with van der Waals surface area (Å²) in [5, 5.41) is 0. The van der Waals surface area contributed by atoms with Crippen LogP contribution in [0.25, 0.3) is 0 Å². The Balaban J connectivity index is 3.88. The van der Waals surface area contributed by atoms with Crippen molar-refractivity contribution in [1.29, 1.82) is 0 Å². The molecule has 0 fully saturated rings. The lowest BCUT2D eigenvalue weighted by Gasteiger charge is -2.18. The lowest BCUT2D eigenvalue weighted by molar-refractivity contribution is -0.149. The number of alkyl halides is 1. The van der Waals surface area contributed by atoms with Gasteiger partial charge in [0.25, 0.3) is 0 Å². The number of carbonyl (C=O) groups excluding carboxylic acids is 1. The summed E-state index contributed by atoms with van der Waals surface area (Å²) in [7, 11) is 0. The molecule has 0 bridgehead atoms. The van der Waals surface area contributed by atoms with Crippen LogP contribution in [0.15, 0.2) is 0 Å². The minimum absolute atomic E-state index is 0.184. The molecule has 11 heavy (non-hydrogen) atoms. The standard InChI is InChI=1S/C7H14INO2/c1-5(4-9)11-6(10)7(2,3)8/h5H,4,9H2,1-3H3. The lowest BCUT2D eigenvalue weighted by Crippen LogP contribution is -2.32. The van der Waals surface area contributed by atoms with Gasteiger partial charge in [-0.3, -0.25) is 4.79 Å². The summed E-state index contributed by atoms with van der Waals surface area (Å²) >= 11 is 2.04. The maximum Gasteiger partial charge on any atom is 0.321 e. The van der Waals surface area contributed by atoms with E-state index in [1.807, 2.05) is 22.6 Å². The van der Waals surface area contributed by atoms with Crippen LogP contribution in [0, 0.1) is 0 Å². The van der Waals surface area contributed by atoms with Gasteiger partial charge in [0.2, 0.25) is 0 Å². The Hall–Kier alpha value is 0.160. The third-order valence-electron chi connectivity index (χ3n) is 1.13. The molecule has 1 atom stereocenters. The van der Waals surface area contributed by atoms with Crippen molar-refractivity contribution in [1.82, 2.24) is 0 Å². The zero-order chi connectivity index (χ0) is 9.07. The predicted octanol–water partition coefficient (Wildman–Crippen LogP) is 1.09. The molecular formula is C7H14INO2. The molecule has 0 aliphatic carbocycles. The molecule has 0 rings (SSSR count). The molecule has 1 unspecified atom stereocenters. The van der Waals surface area contributed by atoms with Crippen LogP contribution >= 0.6 is 22.6 Å². The number of carbonyl (C=O) groups is 1. The van der Waals surface area contributed by atoms with E-state index in [2.05, 4.69) is 0 Å². The van der Waals surface area contributed by atoms with Crippen LogP contribution in [0.2, 0.25) is 0 Å². The second-order valence-electron chi connectivity index (χ2n) is 2.92. The van der Waals surface area contributed by atoms with Gasteiger partial charge in [-0.2, -0.15) is 0 Å². The Morgan fingerprint density at radius 1 is 1.73 bits per heavy atom. The molecule has 0 heterocycles. The van der Waals surface area contributed by atoms with Gasteiger partial charge >= 0.3 is 5.97 Å². The number of hydrogen-bond acceptors (Lipinski definition) is 3. The maximum absolute atomic E-state index is 11.1. The molecule has 0 aliphatic heterocycles. The Morgan fingerprint density at radius 2 is 2.18 bits per heavy atom. The third-order valence-corrected chi connectivity index (χ3v) is 1.57. The Kier molecular flexibility index (Phi) is 4.31. The van der Waals surface area contributed by atoms with E-state index in [4.69, 9.17) is 10.5 Å². The number of halogens is 1. The van der Waals surface area contributed by atoms with Gasteiger partial charge in [0, 0.05) is 6.54 Å². The van der Waals surface area contributed by atoms with E-state index >= 15 is 0 Å². The second kappa shape index (κ2) is 4.25. The van der Waals surface area contributed by atoms with Gasteiger partial charge in [-0.15, -0.1) is 0 Å². The average Bonchev–Trinajstić information content (AvgIpc) is 1.85. The van der Waals surface area contributed by atoms with Gasteiger partial charge < -0.3 is 10.5 Å². The van der Waals surface area contributed by atoms with Crippen molar-refractivity contribution in [3.63, 3.8) is 0 Å². The second-order valence-corrected chi connectivity index (χ2v) is 5.62. The summed E-state index contributed by atoms with van der Waals surface area (Å²) < 4.78 is 4.54. The van der Waals surface area contributed by atoms with E-state index in [9.17, 15) is 4.79 Å². The van der Waals surface area contributed by atoms with Crippen LogP contribution in [0.4, 0.5) is 0 Å². The maximum atomic E-state index is 11.1. The van der Waals surface area contributed by atoms with Gasteiger partial charge in [-0.1, -0.05) is 22.6 Å². The fourth-order valence-electron chi connectivity index (χ4n) is 0.371. The summed E-state index contributed by atoms with van der Waals surface area (Å²) in [5.74, 6) is -0.212. The van der Waals surface area contributed by atoms with Crippen LogP contribution in [0.5, 0.6) is 0 Å². The number of nitrogens with two attached hydrogens (primary N) is 1. The molecule has 0 saturated carbocycles. The average molecular weight is 271 g/mol. The zero-order valence-corrected chi connectivity index (χ0v) is 9.21. The fraction of sp³-hybridized carbons (Fsp3) is 0.857. The summed E-state index contributed by atoms with van der Waals surface area (Å²) in [6, 6.07) is 0. The number of esters is 1. The summed E-state index contributed by atoms with van der Waals surface area (Å²) in [4.78, 5) is 11.1. The number of hydrogen-bond donors (Lipinski definition) is 1. The van der Waals surface area contributed by atoms with Crippen molar-refractivity contribution in [2.75, 3.05) is 6.54 Å². The first-order chi connectivity index (χ1) is 4.88. The molecule has 0 spiro atoms. The third kappa shape index (κ3) is 4.58. The highest BCUT2D eigenvalue weighted by Gasteiger charge is 2.26. The topological polar surface area (TPSA) is 52.3 Å². The van der Waals surface area contributed by atoms with E-state index in [0.717, 1.165) is 0 Å². The molecule has 0 aromatic carbocycles. The quantitative estimate of drug-likeness (QED) is 0.475. The van der Waals surface area contributed by atoms with Crippen molar-refractivity contribution in [2.45, 2.75) is 30.3 Å². The smallest absolute Gasteiger partial charge is 0.321 e.